The monoisotopic (exact) mass is 397 g/mol. The molecule has 0 aliphatic rings. The van der Waals surface area contributed by atoms with Gasteiger partial charge in [0, 0.05) is 13.0 Å². The molecule has 4 nitrogen and oxygen atoms in total. The topological polar surface area (TPSA) is 66.4 Å². The molecule has 100 valence electrons. The molecule has 0 fully saturated rings. The van der Waals surface area contributed by atoms with Crippen molar-refractivity contribution in [2.24, 2.45) is 0 Å². The van der Waals surface area contributed by atoms with Crippen LogP contribution in [0.3, 0.4) is 0 Å². The van der Waals surface area contributed by atoms with Crippen molar-refractivity contribution in [1.29, 1.82) is 0 Å². The first-order valence-electron chi connectivity index (χ1n) is 5.45. The summed E-state index contributed by atoms with van der Waals surface area (Å²) in [5.41, 5.74) is 0.623. The summed E-state index contributed by atoms with van der Waals surface area (Å²) in [6.45, 7) is 0.568. The Kier molecular flexibility index (Phi) is 6.88. The lowest BCUT2D eigenvalue weighted by molar-refractivity contribution is -0.137. The number of amides is 1. The number of halogens is 2. The minimum Gasteiger partial charge on any atom is -0.481 e. The molecule has 0 bridgehead atoms. The predicted octanol–water partition coefficient (Wildman–Crippen LogP) is 3.65. The molecule has 7 heteroatoms. The van der Waals surface area contributed by atoms with Gasteiger partial charge in [-0.3, -0.25) is 9.59 Å². The molecule has 1 aromatic rings. The highest BCUT2D eigenvalue weighted by Crippen LogP contribution is 2.31. The smallest absolute Gasteiger partial charge is 0.303 e. The normalized spacial score (nSPS) is 10.3. The number of hydrogen-bond donors (Lipinski definition) is 2. The molecule has 0 radical (unpaired) electrons. The summed E-state index contributed by atoms with van der Waals surface area (Å²) in [6, 6.07) is 1.77. The van der Waals surface area contributed by atoms with E-state index >= 15 is 0 Å². The second kappa shape index (κ2) is 7.91. The van der Waals surface area contributed by atoms with Crippen molar-refractivity contribution < 1.29 is 14.7 Å². The van der Waals surface area contributed by atoms with Crippen molar-refractivity contribution in [2.45, 2.75) is 25.7 Å². The van der Waals surface area contributed by atoms with Gasteiger partial charge in [-0.2, -0.15) is 0 Å². The summed E-state index contributed by atoms with van der Waals surface area (Å²) in [5, 5.41) is 11.3. The first-order valence-corrected chi connectivity index (χ1v) is 7.86. The minimum absolute atomic E-state index is 0.109. The van der Waals surface area contributed by atoms with Gasteiger partial charge in [0.05, 0.1) is 13.1 Å². The molecule has 0 aliphatic heterocycles. The van der Waals surface area contributed by atoms with E-state index in [1.54, 1.807) is 6.07 Å². The van der Waals surface area contributed by atoms with Gasteiger partial charge >= 0.3 is 5.97 Å². The molecule has 1 heterocycles. The summed E-state index contributed by atoms with van der Waals surface area (Å²) in [6.07, 6.45) is 2.44. The summed E-state index contributed by atoms with van der Waals surface area (Å²) in [5.74, 6) is -0.881. The van der Waals surface area contributed by atoms with E-state index in [9.17, 15) is 9.59 Å². The number of carboxylic acid groups (broad SMARTS) is 1. The lowest BCUT2D eigenvalue weighted by Crippen LogP contribution is -2.24. The summed E-state index contributed by atoms with van der Waals surface area (Å²) in [4.78, 5) is 22.1. The van der Waals surface area contributed by atoms with Crippen molar-refractivity contribution in [1.82, 2.24) is 5.32 Å². The van der Waals surface area contributed by atoms with E-state index in [0.29, 0.717) is 18.5 Å². The average Bonchev–Trinajstić information content (AvgIpc) is 2.62. The molecule has 0 saturated heterocycles. The Morgan fingerprint density at radius 1 is 1.28 bits per heavy atom. The Morgan fingerprint density at radius 3 is 2.56 bits per heavy atom. The minimum atomic E-state index is -0.772. The fourth-order valence-corrected chi connectivity index (χ4v) is 4.16. The van der Waals surface area contributed by atoms with Crippen LogP contribution in [0.15, 0.2) is 13.6 Å². The van der Waals surface area contributed by atoms with Crippen molar-refractivity contribution in [3.63, 3.8) is 0 Å². The number of hydrogen-bond acceptors (Lipinski definition) is 3. The van der Waals surface area contributed by atoms with Gasteiger partial charge < -0.3 is 10.4 Å². The number of nitrogens with one attached hydrogen (secondary N) is 1. The molecule has 0 unspecified atom stereocenters. The van der Waals surface area contributed by atoms with Crippen LogP contribution in [0.2, 0.25) is 0 Å². The highest BCUT2D eigenvalue weighted by atomic mass is 79.9. The Balaban J connectivity index is 2.22. The lowest BCUT2D eigenvalue weighted by Gasteiger charge is -2.03. The van der Waals surface area contributed by atoms with Crippen LogP contribution < -0.4 is 5.32 Å². The van der Waals surface area contributed by atoms with E-state index in [1.807, 2.05) is 0 Å². The maximum absolute atomic E-state index is 11.8. The molecule has 18 heavy (non-hydrogen) atoms. The van der Waals surface area contributed by atoms with Crippen LogP contribution >= 0.6 is 43.2 Å². The Morgan fingerprint density at radius 2 is 2.00 bits per heavy atom. The Hall–Kier alpha value is -0.400. The number of carbonyl (C=O) groups is 2. The molecule has 0 aliphatic carbocycles. The lowest BCUT2D eigenvalue weighted by atomic mass is 10.2. The van der Waals surface area contributed by atoms with Crippen molar-refractivity contribution in [3.8, 4) is 0 Å². The summed E-state index contributed by atoms with van der Waals surface area (Å²) >= 11 is 8.11. The third-order valence-electron chi connectivity index (χ3n) is 2.25. The molecule has 0 saturated carbocycles. The molecule has 1 aromatic heterocycles. The quantitative estimate of drug-likeness (QED) is 0.689. The number of aliphatic carboxylic acids is 1. The number of unbranched alkanes of at least 4 members (excludes halogenated alkanes) is 2. The molecule has 1 amide bonds. The van der Waals surface area contributed by atoms with Crippen LogP contribution in [-0.2, 0) is 4.79 Å². The first kappa shape index (κ1) is 15.7. The molecule has 0 spiro atoms. The number of carbonyl (C=O) groups excluding carboxylic acids is 1. The highest BCUT2D eigenvalue weighted by molar-refractivity contribution is 9.12. The Labute approximate surface area is 126 Å². The molecule has 0 aromatic carbocycles. The highest BCUT2D eigenvalue weighted by Gasteiger charge is 2.12. The van der Waals surface area contributed by atoms with E-state index < -0.39 is 5.97 Å². The van der Waals surface area contributed by atoms with Gasteiger partial charge in [-0.1, -0.05) is 6.42 Å². The molecule has 0 atom stereocenters. The third kappa shape index (κ3) is 5.49. The zero-order chi connectivity index (χ0) is 13.5. The molecule has 1 rings (SSSR count). The van der Waals surface area contributed by atoms with Crippen molar-refractivity contribution in [3.05, 3.63) is 19.2 Å². The zero-order valence-electron chi connectivity index (χ0n) is 9.54. The van der Waals surface area contributed by atoms with E-state index in [2.05, 4.69) is 37.2 Å². The Bertz CT molecular complexity index is 434. The van der Waals surface area contributed by atoms with E-state index in [4.69, 9.17) is 5.11 Å². The maximum Gasteiger partial charge on any atom is 0.303 e. The van der Waals surface area contributed by atoms with Gasteiger partial charge in [0.2, 0.25) is 0 Å². The standard InChI is InChI=1S/C11H13Br2NO3S/c12-8-6-7(10(13)18-8)11(17)14-5-3-1-2-4-9(15)16/h6H,1-5H2,(H,14,17)(H,15,16). The third-order valence-corrected chi connectivity index (χ3v) is 4.59. The number of carboxylic acids is 1. The van der Waals surface area contributed by atoms with E-state index in [-0.39, 0.29) is 12.3 Å². The van der Waals surface area contributed by atoms with Gasteiger partial charge in [-0.25, -0.2) is 0 Å². The zero-order valence-corrected chi connectivity index (χ0v) is 13.5. The van der Waals surface area contributed by atoms with Crippen LogP contribution in [0, 0.1) is 0 Å². The van der Waals surface area contributed by atoms with Crippen LogP contribution in [0.4, 0.5) is 0 Å². The SMILES string of the molecule is O=C(O)CCCCCNC(=O)c1cc(Br)sc1Br. The second-order valence-electron chi connectivity index (χ2n) is 3.70. The first-order chi connectivity index (χ1) is 8.50. The average molecular weight is 399 g/mol. The van der Waals surface area contributed by atoms with E-state index in [1.165, 1.54) is 11.3 Å². The molecular formula is C11H13Br2NO3S. The van der Waals surface area contributed by atoms with Gasteiger partial charge in [0.1, 0.15) is 0 Å². The molecular weight excluding hydrogens is 386 g/mol. The van der Waals surface area contributed by atoms with E-state index in [0.717, 1.165) is 20.4 Å². The maximum atomic E-state index is 11.8. The van der Waals surface area contributed by atoms with Gasteiger partial charge in [0.25, 0.3) is 5.91 Å². The van der Waals surface area contributed by atoms with Gasteiger partial charge in [-0.05, 0) is 50.8 Å². The predicted molar refractivity (Wildman–Crippen MR) is 78.2 cm³/mol. The van der Waals surface area contributed by atoms with Crippen molar-refractivity contribution in [2.75, 3.05) is 6.54 Å². The largest absolute Gasteiger partial charge is 0.481 e. The van der Waals surface area contributed by atoms with Gasteiger partial charge in [0.15, 0.2) is 0 Å². The summed E-state index contributed by atoms with van der Waals surface area (Å²) in [7, 11) is 0. The van der Waals surface area contributed by atoms with Crippen molar-refractivity contribution >= 4 is 55.1 Å². The van der Waals surface area contributed by atoms with Crippen LogP contribution in [-0.4, -0.2) is 23.5 Å². The fraction of sp³-hybridized carbons (Fsp3) is 0.455. The second-order valence-corrected chi connectivity index (χ2v) is 7.45. The van der Waals surface area contributed by atoms with Crippen LogP contribution in [0.5, 0.6) is 0 Å². The number of thiophene rings is 1. The number of rotatable bonds is 7. The molecule has 2 N–H and O–H groups in total. The van der Waals surface area contributed by atoms with Gasteiger partial charge in [-0.15, -0.1) is 11.3 Å². The van der Waals surface area contributed by atoms with Crippen LogP contribution in [0.25, 0.3) is 0 Å². The fourth-order valence-electron chi connectivity index (χ4n) is 1.37. The van der Waals surface area contributed by atoms with Crippen LogP contribution in [0.1, 0.15) is 36.0 Å². The summed E-state index contributed by atoms with van der Waals surface area (Å²) < 4.78 is 1.71.